The number of carbonyl (C=O) groups excluding carboxylic acids is 1. The lowest BCUT2D eigenvalue weighted by Crippen LogP contribution is -2.37. The Labute approximate surface area is 230 Å². The van der Waals surface area contributed by atoms with Gasteiger partial charge in [0, 0.05) is 42.8 Å². The molecule has 10 nitrogen and oxygen atoms in total. The first kappa shape index (κ1) is 26.4. The van der Waals surface area contributed by atoms with Crippen LogP contribution in [0.3, 0.4) is 0 Å². The van der Waals surface area contributed by atoms with Gasteiger partial charge < -0.3 is 30.1 Å². The maximum atomic E-state index is 12.0. The first-order valence-corrected chi connectivity index (χ1v) is 13.3. The predicted molar refractivity (Wildman–Crippen MR) is 146 cm³/mol. The molecule has 0 bridgehead atoms. The third-order valence-electron chi connectivity index (χ3n) is 6.92. The van der Waals surface area contributed by atoms with Gasteiger partial charge in [0.15, 0.2) is 0 Å². The number of hydrogen-bond donors (Lipinski definition) is 3. The van der Waals surface area contributed by atoms with Crippen molar-refractivity contribution in [2.75, 3.05) is 25.0 Å². The van der Waals surface area contributed by atoms with Crippen molar-refractivity contribution < 1.29 is 24.2 Å². The molecular formula is C28H28ClN5O5. The number of anilines is 1. The summed E-state index contributed by atoms with van der Waals surface area (Å²) >= 11 is 6.38. The SMILES string of the molecule is N#Cc1cc2c(Oc3ccc(NC(=O)NC4CC4)c(Cl)c3)ccnc2cc1OCCC1CCN(C(=O)O)CC1. The average Bonchev–Trinajstić information content (AvgIpc) is 3.74. The highest BCUT2D eigenvalue weighted by Crippen LogP contribution is 2.35. The monoisotopic (exact) mass is 549 g/mol. The van der Waals surface area contributed by atoms with Crippen LogP contribution in [0.5, 0.6) is 17.2 Å². The van der Waals surface area contributed by atoms with Gasteiger partial charge >= 0.3 is 12.1 Å². The van der Waals surface area contributed by atoms with Crippen LogP contribution in [0, 0.1) is 17.2 Å². The van der Waals surface area contributed by atoms with E-state index in [0.717, 1.165) is 32.1 Å². The molecule has 39 heavy (non-hydrogen) atoms. The third kappa shape index (κ3) is 6.62. The van der Waals surface area contributed by atoms with Crippen LogP contribution in [0.4, 0.5) is 15.3 Å². The van der Waals surface area contributed by atoms with Crippen LogP contribution in [0.1, 0.15) is 37.7 Å². The van der Waals surface area contributed by atoms with E-state index in [0.29, 0.717) is 70.0 Å². The van der Waals surface area contributed by atoms with Gasteiger partial charge in [-0.3, -0.25) is 4.98 Å². The predicted octanol–water partition coefficient (Wildman–Crippen LogP) is 5.99. The van der Waals surface area contributed by atoms with E-state index in [2.05, 4.69) is 21.7 Å². The summed E-state index contributed by atoms with van der Waals surface area (Å²) in [5.74, 6) is 1.79. The highest BCUT2D eigenvalue weighted by molar-refractivity contribution is 6.33. The zero-order valence-electron chi connectivity index (χ0n) is 21.2. The molecule has 1 saturated heterocycles. The van der Waals surface area contributed by atoms with Crippen LogP contribution >= 0.6 is 11.6 Å². The molecule has 3 N–H and O–H groups in total. The smallest absolute Gasteiger partial charge is 0.407 e. The molecule has 0 unspecified atom stereocenters. The molecule has 0 radical (unpaired) electrons. The van der Waals surface area contributed by atoms with Crippen molar-refractivity contribution in [3.63, 3.8) is 0 Å². The molecule has 1 aliphatic carbocycles. The molecular weight excluding hydrogens is 522 g/mol. The molecule has 11 heteroatoms. The minimum atomic E-state index is -0.874. The summed E-state index contributed by atoms with van der Waals surface area (Å²) in [4.78, 5) is 29.0. The Morgan fingerprint density at radius 1 is 1.13 bits per heavy atom. The number of nitrogens with zero attached hydrogens (tertiary/aromatic N) is 3. The summed E-state index contributed by atoms with van der Waals surface area (Å²) in [6, 6.07) is 12.2. The van der Waals surface area contributed by atoms with Gasteiger partial charge in [0.2, 0.25) is 0 Å². The number of nitriles is 1. The minimum Gasteiger partial charge on any atom is -0.492 e. The van der Waals surface area contributed by atoms with E-state index in [-0.39, 0.29) is 12.1 Å². The van der Waals surface area contributed by atoms with Crippen molar-refractivity contribution in [1.29, 1.82) is 5.26 Å². The molecule has 3 aromatic rings. The Hall–Kier alpha value is -4.23. The largest absolute Gasteiger partial charge is 0.492 e. The summed E-state index contributed by atoms with van der Waals surface area (Å²) < 4.78 is 12.1. The van der Waals surface area contributed by atoms with Gasteiger partial charge in [-0.2, -0.15) is 5.26 Å². The third-order valence-corrected chi connectivity index (χ3v) is 7.23. The molecule has 1 aliphatic heterocycles. The van der Waals surface area contributed by atoms with Gasteiger partial charge in [-0.15, -0.1) is 0 Å². The molecule has 2 fully saturated rings. The molecule has 1 aromatic heterocycles. The Bertz CT molecular complexity index is 1430. The maximum absolute atomic E-state index is 12.0. The van der Waals surface area contributed by atoms with Crippen molar-refractivity contribution in [2.45, 2.75) is 38.1 Å². The topological polar surface area (TPSA) is 137 Å². The van der Waals surface area contributed by atoms with Crippen molar-refractivity contribution in [1.82, 2.24) is 15.2 Å². The Morgan fingerprint density at radius 2 is 1.92 bits per heavy atom. The van der Waals surface area contributed by atoms with E-state index in [1.165, 1.54) is 4.90 Å². The molecule has 0 atom stereocenters. The number of carboxylic acid groups (broad SMARTS) is 1. The Morgan fingerprint density at radius 3 is 2.62 bits per heavy atom. The fourth-order valence-electron chi connectivity index (χ4n) is 4.55. The number of ether oxygens (including phenoxy) is 2. The number of rotatable bonds is 8. The van der Waals surface area contributed by atoms with Crippen LogP contribution in [-0.4, -0.2) is 52.9 Å². The first-order valence-electron chi connectivity index (χ1n) is 12.9. The number of hydrogen-bond acceptors (Lipinski definition) is 6. The van der Waals surface area contributed by atoms with Crippen molar-refractivity contribution >= 4 is 40.3 Å². The van der Waals surface area contributed by atoms with E-state index in [4.69, 9.17) is 26.2 Å². The molecule has 5 rings (SSSR count). The van der Waals surface area contributed by atoms with Gasteiger partial charge in [0.25, 0.3) is 0 Å². The summed E-state index contributed by atoms with van der Waals surface area (Å²) in [5, 5.41) is 25.5. The van der Waals surface area contributed by atoms with E-state index >= 15 is 0 Å². The number of nitrogens with one attached hydrogen (secondary N) is 2. The van der Waals surface area contributed by atoms with Gasteiger partial charge in [-0.05, 0) is 62.3 Å². The van der Waals surface area contributed by atoms with Gasteiger partial charge in [-0.25, -0.2) is 9.59 Å². The highest BCUT2D eigenvalue weighted by Gasteiger charge is 2.24. The summed E-state index contributed by atoms with van der Waals surface area (Å²) in [5.41, 5.74) is 1.44. The van der Waals surface area contributed by atoms with Crippen molar-refractivity contribution in [3.05, 3.63) is 53.2 Å². The lowest BCUT2D eigenvalue weighted by atomic mass is 9.94. The number of aromatic nitrogens is 1. The molecule has 202 valence electrons. The number of likely N-dealkylation sites (tertiary alicyclic amines) is 1. The number of fused-ring (bicyclic) bond motifs is 1. The number of benzene rings is 2. The second-order valence-corrected chi connectivity index (χ2v) is 10.2. The summed E-state index contributed by atoms with van der Waals surface area (Å²) in [6.07, 6.45) is 5.10. The van der Waals surface area contributed by atoms with Crippen LogP contribution < -0.4 is 20.1 Å². The minimum absolute atomic E-state index is 0.236. The van der Waals surface area contributed by atoms with Gasteiger partial charge in [-0.1, -0.05) is 11.6 Å². The zero-order chi connectivity index (χ0) is 27.4. The second kappa shape index (κ2) is 11.7. The maximum Gasteiger partial charge on any atom is 0.407 e. The van der Waals surface area contributed by atoms with Crippen LogP contribution in [0.25, 0.3) is 10.9 Å². The number of carbonyl (C=O) groups is 2. The number of halogens is 1. The number of amides is 3. The van der Waals surface area contributed by atoms with Gasteiger partial charge in [0.1, 0.15) is 23.3 Å². The number of pyridine rings is 1. The fraction of sp³-hybridized carbons (Fsp3) is 0.357. The van der Waals surface area contributed by atoms with E-state index in [1.807, 2.05) is 0 Å². The molecule has 3 amide bonds. The molecule has 2 aromatic carbocycles. The quantitative estimate of drug-likeness (QED) is 0.313. The lowest BCUT2D eigenvalue weighted by Gasteiger charge is -2.29. The average molecular weight is 550 g/mol. The lowest BCUT2D eigenvalue weighted by molar-refractivity contribution is 0.119. The summed E-state index contributed by atoms with van der Waals surface area (Å²) in [6.45, 7) is 1.49. The number of piperidine rings is 1. The molecule has 2 aliphatic rings. The zero-order valence-corrected chi connectivity index (χ0v) is 21.9. The standard InChI is InChI=1S/C28H28ClN5O5/c29-22-14-20(3-4-23(22)33-27(35)32-19-1-2-19)39-25-5-9-31-24-15-26(18(16-30)13-21(24)25)38-12-8-17-6-10-34(11-7-17)28(36)37/h3-5,9,13-15,17,19H,1-2,6-8,10-12H2,(H,36,37)(H2,32,33,35). The second-order valence-electron chi connectivity index (χ2n) is 9.75. The normalized spacial score (nSPS) is 15.4. The van der Waals surface area contributed by atoms with Crippen LogP contribution in [-0.2, 0) is 0 Å². The van der Waals surface area contributed by atoms with Crippen molar-refractivity contribution in [2.24, 2.45) is 5.92 Å². The van der Waals surface area contributed by atoms with Crippen molar-refractivity contribution in [3.8, 4) is 23.3 Å². The van der Waals surface area contributed by atoms with Crippen LogP contribution in [0.2, 0.25) is 5.02 Å². The Kier molecular flexibility index (Phi) is 7.89. The molecule has 2 heterocycles. The Balaban J connectivity index is 1.25. The fourth-order valence-corrected chi connectivity index (χ4v) is 4.77. The summed E-state index contributed by atoms with van der Waals surface area (Å²) in [7, 11) is 0. The van der Waals surface area contributed by atoms with E-state index in [9.17, 15) is 14.9 Å². The molecule has 1 saturated carbocycles. The molecule has 0 spiro atoms. The van der Waals surface area contributed by atoms with E-state index in [1.54, 1.807) is 42.6 Å². The highest BCUT2D eigenvalue weighted by atomic mass is 35.5. The van der Waals surface area contributed by atoms with Gasteiger partial charge in [0.05, 0.1) is 28.4 Å². The van der Waals surface area contributed by atoms with E-state index < -0.39 is 6.09 Å². The number of urea groups is 1. The van der Waals surface area contributed by atoms with Crippen LogP contribution in [0.15, 0.2) is 42.6 Å². The first-order chi connectivity index (χ1) is 18.9.